The maximum Gasteiger partial charge on any atom is 0.342 e. The smallest absolute Gasteiger partial charge is 0.342 e. The van der Waals surface area contributed by atoms with Crippen molar-refractivity contribution in [3.63, 3.8) is 0 Å². The summed E-state index contributed by atoms with van der Waals surface area (Å²) in [6, 6.07) is 13.1. The molecule has 8 heteroatoms. The fourth-order valence-corrected chi connectivity index (χ4v) is 4.66. The first kappa shape index (κ1) is 22.0. The molecule has 0 spiro atoms. The Labute approximate surface area is 190 Å². The van der Waals surface area contributed by atoms with E-state index in [-0.39, 0.29) is 18.3 Å². The molecule has 0 unspecified atom stereocenters. The first-order valence-corrected chi connectivity index (χ1v) is 11.5. The Morgan fingerprint density at radius 1 is 1.12 bits per heavy atom. The molecule has 166 valence electrons. The van der Waals surface area contributed by atoms with Crippen molar-refractivity contribution >= 4 is 45.7 Å². The van der Waals surface area contributed by atoms with Gasteiger partial charge in [0.1, 0.15) is 11.4 Å². The van der Waals surface area contributed by atoms with Gasteiger partial charge in [0.25, 0.3) is 0 Å². The van der Waals surface area contributed by atoms with Crippen LogP contribution in [0.15, 0.2) is 42.5 Å². The minimum absolute atomic E-state index is 0.0822. The number of amides is 1. The van der Waals surface area contributed by atoms with E-state index in [2.05, 4.69) is 10.2 Å². The number of ether oxygens (including phenoxy) is 1. The highest BCUT2D eigenvalue weighted by molar-refractivity contribution is 7.14. The summed E-state index contributed by atoms with van der Waals surface area (Å²) in [4.78, 5) is 44.8. The van der Waals surface area contributed by atoms with Gasteiger partial charge in [-0.25, -0.2) is 9.78 Å². The number of rotatable bonds is 8. The zero-order chi connectivity index (χ0) is 22.5. The summed E-state index contributed by atoms with van der Waals surface area (Å²) in [5.74, 6) is -0.247. The number of pyridine rings is 1. The average Bonchev–Trinajstić information content (AvgIpc) is 3.48. The van der Waals surface area contributed by atoms with E-state index in [0.717, 1.165) is 41.7 Å². The molecule has 3 aromatic rings. The largest absolute Gasteiger partial charge is 0.454 e. The van der Waals surface area contributed by atoms with Crippen LogP contribution in [0.5, 0.6) is 0 Å². The molecule has 1 amide bonds. The third kappa shape index (κ3) is 5.13. The summed E-state index contributed by atoms with van der Waals surface area (Å²) in [7, 11) is 0. The average molecular weight is 452 g/mol. The van der Waals surface area contributed by atoms with Gasteiger partial charge in [-0.05, 0) is 43.5 Å². The highest BCUT2D eigenvalue weighted by atomic mass is 32.1. The van der Waals surface area contributed by atoms with Crippen LogP contribution < -0.4 is 10.2 Å². The summed E-state index contributed by atoms with van der Waals surface area (Å²) in [6.07, 6.45) is 2.77. The molecule has 0 bridgehead atoms. The predicted octanol–water partition coefficient (Wildman–Crippen LogP) is 3.61. The van der Waals surface area contributed by atoms with Crippen LogP contribution in [0, 0.1) is 0 Å². The lowest BCUT2D eigenvalue weighted by molar-refractivity contribution is -0.118. The number of thiophene rings is 1. The summed E-state index contributed by atoms with van der Waals surface area (Å²) in [6.45, 7) is 3.36. The van der Waals surface area contributed by atoms with Crippen molar-refractivity contribution in [1.82, 2.24) is 10.3 Å². The second-order valence-corrected chi connectivity index (χ2v) is 8.91. The lowest BCUT2D eigenvalue weighted by Gasteiger charge is -2.20. The van der Waals surface area contributed by atoms with E-state index >= 15 is 0 Å². The summed E-state index contributed by atoms with van der Waals surface area (Å²) >= 11 is 1.35. The molecule has 1 fully saturated rings. The maximum atomic E-state index is 12.9. The van der Waals surface area contributed by atoms with Crippen LogP contribution in [0.2, 0.25) is 0 Å². The van der Waals surface area contributed by atoms with Gasteiger partial charge in [-0.1, -0.05) is 18.2 Å². The number of fused-ring (bicyclic) bond motifs is 1. The van der Waals surface area contributed by atoms with Gasteiger partial charge < -0.3 is 15.0 Å². The number of carbonyl (C=O) groups is 3. The van der Waals surface area contributed by atoms with E-state index in [4.69, 9.17) is 9.72 Å². The number of esters is 1. The number of carbonyl (C=O) groups excluding carboxylic acids is 3. The number of ketones is 1. The summed E-state index contributed by atoms with van der Waals surface area (Å²) in [5.41, 5.74) is 1.22. The van der Waals surface area contributed by atoms with E-state index in [0.29, 0.717) is 29.2 Å². The standard InChI is InChI=1S/C24H25N3O4S/c1-16(28)25-11-10-18-8-9-22(32-18)21(29)15-31-24(30)19-14-17-6-2-3-7-20(17)26-23(19)27-12-4-5-13-27/h2-3,6-9,14H,4-5,10-13,15H2,1H3,(H,25,28). The predicted molar refractivity (Wildman–Crippen MR) is 125 cm³/mol. The molecule has 1 saturated heterocycles. The Morgan fingerprint density at radius 2 is 1.91 bits per heavy atom. The minimum Gasteiger partial charge on any atom is -0.454 e. The molecule has 7 nitrogen and oxygen atoms in total. The minimum atomic E-state index is -0.541. The first-order valence-electron chi connectivity index (χ1n) is 10.7. The molecule has 0 aliphatic carbocycles. The van der Waals surface area contributed by atoms with E-state index in [9.17, 15) is 14.4 Å². The molecule has 0 radical (unpaired) electrons. The number of hydrogen-bond donors (Lipinski definition) is 1. The normalized spacial score (nSPS) is 13.3. The van der Waals surface area contributed by atoms with Crippen molar-refractivity contribution in [3.05, 3.63) is 57.8 Å². The summed E-state index contributed by atoms with van der Waals surface area (Å²) in [5, 5.41) is 3.59. The Kier molecular flexibility index (Phi) is 6.80. The quantitative estimate of drug-likeness (QED) is 0.416. The molecule has 1 N–H and O–H groups in total. The number of nitrogens with zero attached hydrogens (tertiary/aromatic N) is 2. The number of nitrogens with one attached hydrogen (secondary N) is 1. The van der Waals surface area contributed by atoms with Crippen LogP contribution in [0.4, 0.5) is 5.82 Å². The summed E-state index contributed by atoms with van der Waals surface area (Å²) < 4.78 is 5.41. The molecule has 0 atom stereocenters. The molecule has 0 saturated carbocycles. The molecule has 4 rings (SSSR count). The van der Waals surface area contributed by atoms with E-state index in [1.807, 2.05) is 30.3 Å². The van der Waals surface area contributed by atoms with E-state index in [1.54, 1.807) is 12.1 Å². The second-order valence-electron chi connectivity index (χ2n) is 7.74. The molecule has 1 aromatic carbocycles. The number of hydrogen-bond acceptors (Lipinski definition) is 7. The highest BCUT2D eigenvalue weighted by Crippen LogP contribution is 2.27. The molecular weight excluding hydrogens is 426 g/mol. The Bertz CT molecular complexity index is 1150. The van der Waals surface area contributed by atoms with Crippen LogP contribution in [0.25, 0.3) is 10.9 Å². The van der Waals surface area contributed by atoms with Crippen LogP contribution in [0.1, 0.15) is 44.7 Å². The molecule has 1 aliphatic heterocycles. The lowest BCUT2D eigenvalue weighted by atomic mass is 10.1. The number of Topliss-reactive ketones (excluding diaryl/α,β-unsaturated/α-hetero) is 1. The Hall–Kier alpha value is -3.26. The van der Waals surface area contributed by atoms with Crippen LogP contribution in [-0.2, 0) is 16.0 Å². The SMILES string of the molecule is CC(=O)NCCc1ccc(C(=O)COC(=O)c2cc3ccccc3nc2N2CCCC2)s1. The van der Waals surface area contributed by atoms with Crippen molar-refractivity contribution in [1.29, 1.82) is 0 Å². The van der Waals surface area contributed by atoms with Gasteiger partial charge in [-0.15, -0.1) is 11.3 Å². The Morgan fingerprint density at radius 3 is 2.69 bits per heavy atom. The van der Waals surface area contributed by atoms with Gasteiger partial charge in [-0.3, -0.25) is 9.59 Å². The molecule has 2 aromatic heterocycles. The van der Waals surface area contributed by atoms with Gasteiger partial charge in [0.05, 0.1) is 10.4 Å². The van der Waals surface area contributed by atoms with E-state index in [1.165, 1.54) is 18.3 Å². The third-order valence-electron chi connectivity index (χ3n) is 5.35. The molecular formula is C24H25N3O4S. The van der Waals surface area contributed by atoms with Crippen LogP contribution >= 0.6 is 11.3 Å². The van der Waals surface area contributed by atoms with Gasteiger partial charge >= 0.3 is 5.97 Å². The van der Waals surface area contributed by atoms with Crippen LogP contribution in [0.3, 0.4) is 0 Å². The third-order valence-corrected chi connectivity index (χ3v) is 6.53. The monoisotopic (exact) mass is 451 g/mol. The number of para-hydroxylation sites is 1. The van der Waals surface area contributed by atoms with Crippen LogP contribution in [-0.4, -0.2) is 48.9 Å². The van der Waals surface area contributed by atoms with Crippen molar-refractivity contribution in [3.8, 4) is 0 Å². The fourth-order valence-electron chi connectivity index (χ4n) is 3.73. The molecule has 3 heterocycles. The topological polar surface area (TPSA) is 88.6 Å². The zero-order valence-corrected chi connectivity index (χ0v) is 18.7. The number of benzene rings is 1. The van der Waals surface area contributed by atoms with Gasteiger partial charge in [0.2, 0.25) is 11.7 Å². The van der Waals surface area contributed by atoms with Gasteiger partial charge in [-0.2, -0.15) is 0 Å². The van der Waals surface area contributed by atoms with Gasteiger partial charge in [0.15, 0.2) is 6.61 Å². The fraction of sp³-hybridized carbons (Fsp3) is 0.333. The second kappa shape index (κ2) is 9.91. The van der Waals surface area contributed by atoms with E-state index < -0.39 is 5.97 Å². The molecule has 32 heavy (non-hydrogen) atoms. The Balaban J connectivity index is 1.44. The first-order chi connectivity index (χ1) is 15.5. The lowest BCUT2D eigenvalue weighted by Crippen LogP contribution is -2.23. The number of aromatic nitrogens is 1. The molecule has 1 aliphatic rings. The van der Waals surface area contributed by atoms with Crippen molar-refractivity contribution < 1.29 is 19.1 Å². The van der Waals surface area contributed by atoms with Crippen molar-refractivity contribution in [2.75, 3.05) is 31.1 Å². The van der Waals surface area contributed by atoms with Crippen molar-refractivity contribution in [2.24, 2.45) is 0 Å². The zero-order valence-electron chi connectivity index (χ0n) is 17.9. The maximum absolute atomic E-state index is 12.9. The highest BCUT2D eigenvalue weighted by Gasteiger charge is 2.24. The van der Waals surface area contributed by atoms with Crippen molar-refractivity contribution in [2.45, 2.75) is 26.2 Å². The number of anilines is 1. The van der Waals surface area contributed by atoms with Gasteiger partial charge in [0, 0.05) is 36.8 Å².